The third-order valence-corrected chi connectivity index (χ3v) is 5.07. The number of hydrogen-bond donors (Lipinski definition) is 1. The van der Waals surface area contributed by atoms with E-state index in [4.69, 9.17) is 15.1 Å². The van der Waals surface area contributed by atoms with Gasteiger partial charge in [-0.25, -0.2) is 0 Å². The second-order valence-electron chi connectivity index (χ2n) is 6.64. The lowest BCUT2D eigenvalue weighted by Gasteiger charge is -2.21. The number of hydrogen-bond acceptors (Lipinski definition) is 4. The SMILES string of the molecule is C=CO.CC.CC1(OCCC(=O)N2CC3C(C2)C3(C)C#N)CC1. The average molecular weight is 322 g/mol. The van der Waals surface area contributed by atoms with E-state index in [1.807, 2.05) is 25.7 Å². The zero-order chi connectivity index (χ0) is 17.7. The van der Waals surface area contributed by atoms with Crippen molar-refractivity contribution in [3.05, 3.63) is 12.8 Å². The zero-order valence-corrected chi connectivity index (χ0v) is 14.8. The fraction of sp³-hybridized carbons (Fsp3) is 0.778. The van der Waals surface area contributed by atoms with Crippen molar-refractivity contribution >= 4 is 5.91 Å². The number of nitrogens with zero attached hydrogens (tertiary/aromatic N) is 2. The second kappa shape index (κ2) is 7.83. The third-order valence-electron chi connectivity index (χ3n) is 5.07. The van der Waals surface area contributed by atoms with Crippen molar-refractivity contribution in [1.82, 2.24) is 4.90 Å². The molecule has 0 aromatic heterocycles. The first-order chi connectivity index (χ1) is 10.9. The fourth-order valence-corrected chi connectivity index (χ4v) is 3.11. The molecule has 1 N–H and O–H groups in total. The van der Waals surface area contributed by atoms with E-state index in [0.29, 0.717) is 24.9 Å². The van der Waals surface area contributed by atoms with Gasteiger partial charge in [-0.1, -0.05) is 20.4 Å². The first kappa shape index (κ1) is 19.5. The third kappa shape index (κ3) is 4.48. The minimum atomic E-state index is -0.158. The number of aliphatic hydroxyl groups is 1. The summed E-state index contributed by atoms with van der Waals surface area (Å²) in [4.78, 5) is 13.9. The Hall–Kier alpha value is -1.54. The van der Waals surface area contributed by atoms with Crippen molar-refractivity contribution in [2.75, 3.05) is 19.7 Å². The van der Waals surface area contributed by atoms with Crippen molar-refractivity contribution in [3.63, 3.8) is 0 Å². The summed E-state index contributed by atoms with van der Waals surface area (Å²) in [7, 11) is 0. The Bertz CT molecular complexity index is 453. The highest BCUT2D eigenvalue weighted by Crippen LogP contribution is 2.61. The lowest BCUT2D eigenvalue weighted by molar-refractivity contribution is -0.132. The quantitative estimate of drug-likeness (QED) is 0.806. The maximum atomic E-state index is 12.0. The van der Waals surface area contributed by atoms with Gasteiger partial charge in [0.05, 0.1) is 36.4 Å². The van der Waals surface area contributed by atoms with Crippen LogP contribution in [0.5, 0.6) is 0 Å². The van der Waals surface area contributed by atoms with Crippen LogP contribution in [0.2, 0.25) is 0 Å². The molecule has 2 unspecified atom stereocenters. The van der Waals surface area contributed by atoms with Gasteiger partial charge in [-0.3, -0.25) is 4.79 Å². The first-order valence-corrected chi connectivity index (χ1v) is 8.48. The van der Waals surface area contributed by atoms with Crippen LogP contribution in [0.15, 0.2) is 12.8 Å². The van der Waals surface area contributed by atoms with Crippen LogP contribution in [0.1, 0.15) is 47.0 Å². The van der Waals surface area contributed by atoms with Crippen molar-refractivity contribution in [1.29, 1.82) is 5.26 Å². The van der Waals surface area contributed by atoms with Crippen LogP contribution < -0.4 is 0 Å². The Kier molecular flexibility index (Phi) is 6.64. The van der Waals surface area contributed by atoms with Crippen LogP contribution in [0, 0.1) is 28.6 Å². The molecule has 5 heteroatoms. The Balaban J connectivity index is 0.000000477. The van der Waals surface area contributed by atoms with E-state index in [-0.39, 0.29) is 16.9 Å². The Morgan fingerprint density at radius 2 is 1.87 bits per heavy atom. The predicted octanol–water partition coefficient (Wildman–Crippen LogP) is 3.28. The molecule has 1 aliphatic heterocycles. The molecule has 0 aromatic carbocycles. The van der Waals surface area contributed by atoms with E-state index >= 15 is 0 Å². The summed E-state index contributed by atoms with van der Waals surface area (Å²) in [6.45, 7) is 13.1. The van der Waals surface area contributed by atoms with Crippen molar-refractivity contribution in [2.24, 2.45) is 17.3 Å². The van der Waals surface area contributed by atoms with E-state index in [1.54, 1.807) is 0 Å². The number of piperidine rings is 1. The van der Waals surface area contributed by atoms with E-state index < -0.39 is 0 Å². The molecule has 0 bridgehead atoms. The fourth-order valence-electron chi connectivity index (χ4n) is 3.11. The summed E-state index contributed by atoms with van der Waals surface area (Å²) >= 11 is 0. The standard InChI is InChI=1S/C14H20N2O2.C2H4O.C2H6/c1-13(4-5-13)18-6-3-12(17)16-7-10-11(8-16)14(10,2)9-15;1-2-3;1-2/h10-11H,3-8H2,1-2H3;2-3H,1H2;1-2H3. The molecule has 3 fully saturated rings. The van der Waals surface area contributed by atoms with Gasteiger partial charge < -0.3 is 14.7 Å². The van der Waals surface area contributed by atoms with Crippen molar-refractivity contribution in [2.45, 2.75) is 52.6 Å². The molecule has 3 aliphatic rings. The second-order valence-corrected chi connectivity index (χ2v) is 6.64. The van der Waals surface area contributed by atoms with Gasteiger partial charge in [-0.05, 0) is 26.7 Å². The molecule has 1 heterocycles. The van der Waals surface area contributed by atoms with Gasteiger partial charge in [-0.2, -0.15) is 5.26 Å². The van der Waals surface area contributed by atoms with Crippen molar-refractivity contribution < 1.29 is 14.6 Å². The smallest absolute Gasteiger partial charge is 0.224 e. The molecule has 0 aromatic rings. The van der Waals surface area contributed by atoms with Gasteiger partial charge in [0, 0.05) is 24.9 Å². The molecule has 2 atom stereocenters. The normalized spacial score (nSPS) is 31.3. The summed E-state index contributed by atoms with van der Waals surface area (Å²) in [6.07, 6.45) is 3.48. The number of fused-ring (bicyclic) bond motifs is 1. The molecular formula is C18H30N2O3. The highest BCUT2D eigenvalue weighted by Gasteiger charge is 2.66. The van der Waals surface area contributed by atoms with Gasteiger partial charge in [0.15, 0.2) is 0 Å². The van der Waals surface area contributed by atoms with E-state index in [1.165, 1.54) is 0 Å². The number of carbonyl (C=O) groups excluding carboxylic acids is 1. The molecular weight excluding hydrogens is 292 g/mol. The van der Waals surface area contributed by atoms with Crippen LogP contribution in [0.3, 0.4) is 0 Å². The van der Waals surface area contributed by atoms with Gasteiger partial charge in [-0.15, -0.1) is 0 Å². The number of aliphatic hydroxyl groups excluding tert-OH is 1. The average Bonchev–Trinajstić information content (AvgIpc) is 3.31. The molecule has 1 saturated heterocycles. The van der Waals surface area contributed by atoms with Gasteiger partial charge in [0.25, 0.3) is 0 Å². The molecule has 2 saturated carbocycles. The summed E-state index contributed by atoms with van der Waals surface area (Å²) < 4.78 is 5.67. The van der Waals surface area contributed by atoms with Crippen LogP contribution >= 0.6 is 0 Å². The molecule has 130 valence electrons. The summed E-state index contributed by atoms with van der Waals surface area (Å²) in [5.41, 5.74) is -0.0957. The first-order valence-electron chi connectivity index (χ1n) is 8.48. The predicted molar refractivity (Wildman–Crippen MR) is 89.7 cm³/mol. The number of ether oxygens (including phenoxy) is 1. The lowest BCUT2D eigenvalue weighted by atomic mass is 10.1. The van der Waals surface area contributed by atoms with Gasteiger partial charge >= 0.3 is 0 Å². The largest absolute Gasteiger partial charge is 0.516 e. The van der Waals surface area contributed by atoms with Crippen LogP contribution in [0.4, 0.5) is 0 Å². The Labute approximate surface area is 139 Å². The highest BCUT2D eigenvalue weighted by molar-refractivity contribution is 5.77. The zero-order valence-electron chi connectivity index (χ0n) is 14.8. The minimum absolute atomic E-state index is 0.0623. The maximum absolute atomic E-state index is 12.0. The molecule has 0 radical (unpaired) electrons. The Morgan fingerprint density at radius 1 is 1.39 bits per heavy atom. The van der Waals surface area contributed by atoms with E-state index in [9.17, 15) is 4.79 Å². The van der Waals surface area contributed by atoms with Gasteiger partial charge in [0.2, 0.25) is 5.91 Å². The maximum Gasteiger partial charge on any atom is 0.224 e. The molecule has 1 amide bonds. The summed E-state index contributed by atoms with van der Waals surface area (Å²) in [5, 5.41) is 16.4. The molecule has 5 nitrogen and oxygen atoms in total. The summed E-state index contributed by atoms with van der Waals surface area (Å²) in [5.74, 6) is 1.01. The van der Waals surface area contributed by atoms with E-state index in [2.05, 4.69) is 19.6 Å². The number of carbonyl (C=O) groups is 1. The van der Waals surface area contributed by atoms with Crippen LogP contribution in [-0.4, -0.2) is 41.2 Å². The topological polar surface area (TPSA) is 73.6 Å². The van der Waals surface area contributed by atoms with Crippen molar-refractivity contribution in [3.8, 4) is 6.07 Å². The Morgan fingerprint density at radius 3 is 2.26 bits per heavy atom. The molecule has 3 rings (SSSR count). The number of nitriles is 1. The molecule has 2 aliphatic carbocycles. The van der Waals surface area contributed by atoms with Crippen LogP contribution in [0.25, 0.3) is 0 Å². The molecule has 23 heavy (non-hydrogen) atoms. The summed E-state index contributed by atoms with van der Waals surface area (Å²) in [6, 6.07) is 2.39. The minimum Gasteiger partial charge on any atom is -0.516 e. The number of amides is 1. The number of rotatable bonds is 4. The lowest BCUT2D eigenvalue weighted by Crippen LogP contribution is -2.34. The monoisotopic (exact) mass is 322 g/mol. The molecule has 0 spiro atoms. The van der Waals surface area contributed by atoms with Crippen LogP contribution in [-0.2, 0) is 9.53 Å². The van der Waals surface area contributed by atoms with E-state index in [0.717, 1.165) is 32.2 Å². The highest BCUT2D eigenvalue weighted by atomic mass is 16.5. The van der Waals surface area contributed by atoms with Gasteiger partial charge in [0.1, 0.15) is 0 Å². The number of likely N-dealkylation sites (tertiary alicyclic amines) is 1.